The maximum Gasteiger partial charge on any atom is 1.00 e. The molecule has 0 aliphatic rings. The van der Waals surface area contributed by atoms with Gasteiger partial charge < -0.3 is 5.11 Å². The zero-order valence-electron chi connectivity index (χ0n) is 7.02. The molecule has 5 heteroatoms. The number of nitrogens with zero attached hydrogens (tertiary/aromatic N) is 2. The molecule has 0 unspecified atom stereocenters. The van der Waals surface area contributed by atoms with Gasteiger partial charge in [-0.25, -0.2) is 0 Å². The fourth-order valence-corrected chi connectivity index (χ4v) is 0.706. The van der Waals surface area contributed by atoms with Crippen LogP contribution >= 0.6 is 0 Å². The van der Waals surface area contributed by atoms with Crippen LogP contribution in [0, 0.1) is 0 Å². The van der Waals surface area contributed by atoms with Gasteiger partial charge >= 0.3 is 29.6 Å². The van der Waals surface area contributed by atoms with Crippen molar-refractivity contribution in [2.45, 2.75) is 0 Å². The van der Waals surface area contributed by atoms with Crippen LogP contribution in [0.25, 0.3) is 0 Å². The Labute approximate surface area is 92.2 Å². The fourth-order valence-electron chi connectivity index (χ4n) is 0.706. The summed E-state index contributed by atoms with van der Waals surface area (Å²) >= 11 is 0. The van der Waals surface area contributed by atoms with Crippen molar-refractivity contribution in [1.82, 2.24) is 9.78 Å². The first-order valence-electron chi connectivity index (χ1n) is 3.05. The molecule has 0 saturated carbocycles. The summed E-state index contributed by atoms with van der Waals surface area (Å²) in [6.45, 7) is 0. The minimum Gasteiger partial charge on any atom is -0.878 e. The zero-order chi connectivity index (χ0) is 8.27. The van der Waals surface area contributed by atoms with Crippen LogP contribution in [0.2, 0.25) is 0 Å². The molecule has 0 aliphatic carbocycles. The second kappa shape index (κ2) is 5.13. The first-order valence-corrected chi connectivity index (χ1v) is 3.05. The number of hydrogen-bond acceptors (Lipinski definition) is 3. The number of aryl methyl sites for hydroxylation is 1. The predicted octanol–water partition coefficient (Wildman–Crippen LogP) is -3.52. The van der Waals surface area contributed by atoms with Gasteiger partial charge in [0.1, 0.15) is 0 Å². The summed E-state index contributed by atoms with van der Waals surface area (Å²) in [7, 11) is 1.71. The molecule has 0 N–H and O–H groups in total. The Morgan fingerprint density at radius 2 is 2.42 bits per heavy atom. The fraction of sp³-hybridized carbons (Fsp3) is 0.143. The van der Waals surface area contributed by atoms with E-state index in [2.05, 4.69) is 5.10 Å². The Kier molecular flexibility index (Phi) is 4.89. The Hall–Kier alpha value is -0.580. The number of carbonyl (C=O) groups excluding carboxylic acids is 1. The molecule has 12 heavy (non-hydrogen) atoms. The molecule has 0 aromatic carbocycles. The smallest absolute Gasteiger partial charge is 0.878 e. The Morgan fingerprint density at radius 1 is 1.75 bits per heavy atom. The van der Waals surface area contributed by atoms with E-state index in [9.17, 15) is 9.90 Å². The summed E-state index contributed by atoms with van der Waals surface area (Å²) in [4.78, 5) is 10.9. The molecule has 0 spiro atoms. The summed E-state index contributed by atoms with van der Waals surface area (Å²) in [5.74, 6) is -0.312. The summed E-state index contributed by atoms with van der Waals surface area (Å²) in [6, 6.07) is 0. The van der Waals surface area contributed by atoms with Crippen LogP contribution in [0.15, 0.2) is 24.7 Å². The van der Waals surface area contributed by atoms with Crippen molar-refractivity contribution in [3.8, 4) is 0 Å². The van der Waals surface area contributed by atoms with Crippen LogP contribution in [0.5, 0.6) is 0 Å². The molecule has 0 amide bonds. The van der Waals surface area contributed by atoms with E-state index in [-0.39, 0.29) is 35.3 Å². The van der Waals surface area contributed by atoms with E-state index in [1.54, 1.807) is 13.2 Å². The van der Waals surface area contributed by atoms with Crippen molar-refractivity contribution in [2.75, 3.05) is 0 Å². The van der Waals surface area contributed by atoms with Gasteiger partial charge in [0, 0.05) is 13.2 Å². The standard InChI is InChI=1S/C7H8N2O2.Na/c1-9-5-6(4-8-9)7(11)2-3-10;/h2-5,10H,1H3;/q;+1/p-1/b3-2+;. The van der Waals surface area contributed by atoms with Crippen molar-refractivity contribution >= 4 is 5.78 Å². The SMILES string of the molecule is Cn1cc(C(=O)/C=C/[O-])cn1.[Na+]. The van der Waals surface area contributed by atoms with Crippen LogP contribution in [0.4, 0.5) is 0 Å². The summed E-state index contributed by atoms with van der Waals surface area (Å²) in [5.41, 5.74) is 0.430. The van der Waals surface area contributed by atoms with Crippen molar-refractivity contribution in [3.63, 3.8) is 0 Å². The molecular formula is C7H7N2NaO2. The number of allylic oxidation sites excluding steroid dienone is 1. The van der Waals surface area contributed by atoms with E-state index in [1.165, 1.54) is 10.9 Å². The van der Waals surface area contributed by atoms with E-state index >= 15 is 0 Å². The van der Waals surface area contributed by atoms with Crippen LogP contribution in [-0.4, -0.2) is 15.6 Å². The van der Waals surface area contributed by atoms with Gasteiger partial charge in [-0.1, -0.05) is 0 Å². The van der Waals surface area contributed by atoms with Crippen molar-refractivity contribution in [1.29, 1.82) is 0 Å². The van der Waals surface area contributed by atoms with Gasteiger partial charge in [-0.15, -0.1) is 6.26 Å². The van der Waals surface area contributed by atoms with Gasteiger partial charge in [0.2, 0.25) is 0 Å². The average molecular weight is 174 g/mol. The second-order valence-corrected chi connectivity index (χ2v) is 2.07. The van der Waals surface area contributed by atoms with Crippen molar-refractivity contribution in [3.05, 3.63) is 30.3 Å². The number of ketones is 1. The molecule has 58 valence electrons. The first-order chi connectivity index (χ1) is 5.24. The number of carbonyl (C=O) groups is 1. The first kappa shape index (κ1) is 11.4. The Balaban J connectivity index is 0.00000121. The average Bonchev–Trinajstić information content (AvgIpc) is 2.36. The van der Waals surface area contributed by atoms with Crippen molar-refractivity contribution < 1.29 is 39.5 Å². The largest absolute Gasteiger partial charge is 1.00 e. The molecule has 0 fully saturated rings. The summed E-state index contributed by atoms with van der Waals surface area (Å²) in [5, 5.41) is 13.7. The summed E-state index contributed by atoms with van der Waals surface area (Å²) in [6.07, 6.45) is 4.41. The van der Waals surface area contributed by atoms with E-state index in [1.807, 2.05) is 0 Å². The van der Waals surface area contributed by atoms with E-state index in [4.69, 9.17) is 0 Å². The molecule has 1 heterocycles. The van der Waals surface area contributed by atoms with Gasteiger partial charge in [-0.3, -0.25) is 9.48 Å². The molecular weight excluding hydrogens is 167 g/mol. The van der Waals surface area contributed by atoms with Gasteiger partial charge in [0.25, 0.3) is 0 Å². The molecule has 1 aromatic rings. The molecule has 0 radical (unpaired) electrons. The van der Waals surface area contributed by atoms with E-state index in [0.29, 0.717) is 11.8 Å². The third kappa shape index (κ3) is 2.81. The van der Waals surface area contributed by atoms with Crippen LogP contribution < -0.4 is 34.7 Å². The number of rotatable bonds is 2. The molecule has 0 atom stereocenters. The quantitative estimate of drug-likeness (QED) is 0.202. The van der Waals surface area contributed by atoms with E-state index < -0.39 is 0 Å². The maximum absolute atomic E-state index is 10.9. The third-order valence-corrected chi connectivity index (χ3v) is 1.21. The Morgan fingerprint density at radius 3 is 2.83 bits per heavy atom. The van der Waals surface area contributed by atoms with Crippen LogP contribution in [0.3, 0.4) is 0 Å². The maximum atomic E-state index is 10.9. The number of hydrogen-bond donors (Lipinski definition) is 0. The molecule has 1 aromatic heterocycles. The van der Waals surface area contributed by atoms with Gasteiger partial charge in [0.15, 0.2) is 5.78 Å². The van der Waals surface area contributed by atoms with E-state index in [0.717, 1.165) is 6.08 Å². The number of aromatic nitrogens is 2. The zero-order valence-corrected chi connectivity index (χ0v) is 9.02. The minimum absolute atomic E-state index is 0. The van der Waals surface area contributed by atoms with Crippen LogP contribution in [0.1, 0.15) is 10.4 Å². The Bertz CT molecular complexity index is 293. The van der Waals surface area contributed by atoms with Crippen LogP contribution in [-0.2, 0) is 7.05 Å². The predicted molar refractivity (Wildman–Crippen MR) is 36.7 cm³/mol. The van der Waals surface area contributed by atoms with Gasteiger partial charge in [0.05, 0.1) is 11.8 Å². The third-order valence-electron chi connectivity index (χ3n) is 1.21. The molecule has 0 saturated heterocycles. The van der Waals surface area contributed by atoms with Gasteiger partial charge in [-0.05, 0) is 6.08 Å². The molecule has 1 rings (SSSR count). The molecule has 0 bridgehead atoms. The van der Waals surface area contributed by atoms with Crippen molar-refractivity contribution in [2.24, 2.45) is 7.05 Å². The van der Waals surface area contributed by atoms with Gasteiger partial charge in [-0.2, -0.15) is 5.10 Å². The topological polar surface area (TPSA) is 58.0 Å². The molecule has 4 nitrogen and oxygen atoms in total. The second-order valence-electron chi connectivity index (χ2n) is 2.07. The molecule has 0 aliphatic heterocycles. The monoisotopic (exact) mass is 174 g/mol. The summed E-state index contributed by atoms with van der Waals surface area (Å²) < 4.78 is 1.51. The normalized spacial score (nSPS) is 9.75. The minimum atomic E-state index is -0.312.